The number of rotatable bonds is 4. The Kier molecular flexibility index (Phi) is 3.80. The highest BCUT2D eigenvalue weighted by atomic mass is 35.5. The molecule has 0 saturated heterocycles. The first kappa shape index (κ1) is 14.9. The van der Waals surface area contributed by atoms with Crippen molar-refractivity contribution in [3.63, 3.8) is 0 Å². The summed E-state index contributed by atoms with van der Waals surface area (Å²) in [6.45, 7) is 0.656. The Morgan fingerprint density at radius 1 is 1.05 bits per heavy atom. The van der Waals surface area contributed by atoms with E-state index in [2.05, 4.69) is 14.8 Å². The fraction of sp³-hybridized carbons (Fsp3) is 0.200. The molecular weight excluding hydrogens is 316 g/mol. The van der Waals surface area contributed by atoms with Gasteiger partial charge in [0.25, 0.3) is 0 Å². The number of phenols is 1. The Morgan fingerprint density at radius 3 is 2.55 bits per heavy atom. The van der Waals surface area contributed by atoms with Gasteiger partial charge in [-0.25, -0.2) is 0 Å². The van der Waals surface area contributed by atoms with Crippen LogP contribution in [0.15, 0.2) is 36.4 Å². The number of fused-ring (bicyclic) bond motifs is 1. The van der Waals surface area contributed by atoms with Gasteiger partial charge in [0, 0.05) is 18.7 Å². The summed E-state index contributed by atoms with van der Waals surface area (Å²) in [4.78, 5) is 0. The summed E-state index contributed by atoms with van der Waals surface area (Å²) in [5.41, 5.74) is 1.25. The number of aromatic hydroxyl groups is 1. The summed E-state index contributed by atoms with van der Waals surface area (Å²) < 4.78 is 35.1. The topological polar surface area (TPSA) is 50.7 Å². The standard InChI is InChI=1S/C15H12ClF2NO3/c16-13-9(3-1-5-11(13)20)7-19-8-10-4-2-6-12-14(10)22-15(17,18)21-12/h1-6,19-20H,7-8H2. The van der Waals surface area contributed by atoms with Gasteiger partial charge in [-0.05, 0) is 17.7 Å². The molecule has 0 radical (unpaired) electrons. The lowest BCUT2D eigenvalue weighted by atomic mass is 10.1. The summed E-state index contributed by atoms with van der Waals surface area (Å²) in [5.74, 6) is 0.0413. The van der Waals surface area contributed by atoms with Crippen LogP contribution in [0.4, 0.5) is 8.78 Å². The number of para-hydroxylation sites is 1. The fourth-order valence-corrected chi connectivity index (χ4v) is 2.39. The first-order valence-electron chi connectivity index (χ1n) is 6.51. The van der Waals surface area contributed by atoms with E-state index in [4.69, 9.17) is 11.6 Å². The van der Waals surface area contributed by atoms with Crippen LogP contribution in [-0.2, 0) is 13.1 Å². The van der Waals surface area contributed by atoms with Crippen LogP contribution in [0.1, 0.15) is 11.1 Å². The van der Waals surface area contributed by atoms with Gasteiger partial charge in [0.05, 0.1) is 5.02 Å². The summed E-state index contributed by atoms with van der Waals surface area (Å²) in [6, 6.07) is 9.63. The minimum Gasteiger partial charge on any atom is -0.506 e. The number of alkyl halides is 2. The third-order valence-corrected chi connectivity index (χ3v) is 3.64. The lowest BCUT2D eigenvalue weighted by Gasteiger charge is -2.10. The third kappa shape index (κ3) is 2.93. The first-order valence-corrected chi connectivity index (χ1v) is 6.89. The molecule has 0 bridgehead atoms. The molecule has 0 saturated carbocycles. The van der Waals surface area contributed by atoms with Crippen LogP contribution in [0, 0.1) is 0 Å². The van der Waals surface area contributed by atoms with Crippen molar-refractivity contribution in [2.24, 2.45) is 0 Å². The molecule has 0 spiro atoms. The Morgan fingerprint density at radius 2 is 1.73 bits per heavy atom. The molecule has 3 rings (SSSR count). The number of halogens is 3. The zero-order chi connectivity index (χ0) is 15.7. The molecule has 2 N–H and O–H groups in total. The number of benzene rings is 2. The van der Waals surface area contributed by atoms with Crippen LogP contribution in [0.5, 0.6) is 17.2 Å². The summed E-state index contributed by atoms with van der Waals surface area (Å²) in [7, 11) is 0. The zero-order valence-corrected chi connectivity index (χ0v) is 12.0. The summed E-state index contributed by atoms with van der Waals surface area (Å²) in [6.07, 6.45) is -3.63. The zero-order valence-electron chi connectivity index (χ0n) is 11.3. The van der Waals surface area contributed by atoms with E-state index in [1.54, 1.807) is 24.3 Å². The van der Waals surface area contributed by atoms with Crippen LogP contribution in [0.3, 0.4) is 0 Å². The Bertz CT molecular complexity index is 709. The van der Waals surface area contributed by atoms with Gasteiger partial charge in [0.15, 0.2) is 11.5 Å². The van der Waals surface area contributed by atoms with Crippen LogP contribution >= 0.6 is 11.6 Å². The highest BCUT2D eigenvalue weighted by Gasteiger charge is 2.44. The molecule has 0 aliphatic carbocycles. The lowest BCUT2D eigenvalue weighted by Crippen LogP contribution is -2.26. The molecule has 1 heterocycles. The first-order chi connectivity index (χ1) is 10.5. The van der Waals surface area contributed by atoms with E-state index >= 15 is 0 Å². The maximum atomic E-state index is 13.1. The van der Waals surface area contributed by atoms with E-state index in [0.717, 1.165) is 0 Å². The molecule has 0 atom stereocenters. The molecule has 2 aromatic rings. The van der Waals surface area contributed by atoms with Crippen molar-refractivity contribution in [3.05, 3.63) is 52.5 Å². The molecule has 7 heteroatoms. The van der Waals surface area contributed by atoms with Crippen LogP contribution in [0.2, 0.25) is 5.02 Å². The van der Waals surface area contributed by atoms with Crippen LogP contribution in [0.25, 0.3) is 0 Å². The quantitative estimate of drug-likeness (QED) is 0.900. The molecule has 4 nitrogen and oxygen atoms in total. The van der Waals surface area contributed by atoms with Gasteiger partial charge in [-0.15, -0.1) is 8.78 Å². The highest BCUT2D eigenvalue weighted by Crippen LogP contribution is 2.43. The molecule has 0 amide bonds. The van der Waals surface area contributed by atoms with Crippen molar-refractivity contribution in [3.8, 4) is 17.2 Å². The van der Waals surface area contributed by atoms with Gasteiger partial charge >= 0.3 is 6.29 Å². The molecule has 22 heavy (non-hydrogen) atoms. The van der Waals surface area contributed by atoms with Gasteiger partial charge in [-0.3, -0.25) is 0 Å². The van der Waals surface area contributed by atoms with Crippen LogP contribution in [-0.4, -0.2) is 11.4 Å². The smallest absolute Gasteiger partial charge is 0.506 e. The predicted octanol–water partition coefficient (Wildman–Crippen LogP) is 3.66. The fourth-order valence-electron chi connectivity index (χ4n) is 2.20. The second-order valence-corrected chi connectivity index (χ2v) is 5.14. The maximum absolute atomic E-state index is 13.1. The average molecular weight is 328 g/mol. The van der Waals surface area contributed by atoms with Gasteiger partial charge < -0.3 is 19.9 Å². The minimum absolute atomic E-state index is 0.00190. The van der Waals surface area contributed by atoms with Crippen molar-refractivity contribution in [1.82, 2.24) is 5.32 Å². The molecular formula is C15H12ClF2NO3. The second-order valence-electron chi connectivity index (χ2n) is 4.77. The Balaban J connectivity index is 1.69. The minimum atomic E-state index is -3.63. The van der Waals surface area contributed by atoms with Crippen molar-refractivity contribution >= 4 is 11.6 Å². The van der Waals surface area contributed by atoms with Gasteiger partial charge in [0.2, 0.25) is 0 Å². The number of hydrogen-bond donors (Lipinski definition) is 2. The maximum Gasteiger partial charge on any atom is 0.586 e. The average Bonchev–Trinajstić information content (AvgIpc) is 2.78. The van der Waals surface area contributed by atoms with Gasteiger partial charge in [-0.1, -0.05) is 35.9 Å². The second kappa shape index (κ2) is 5.62. The monoisotopic (exact) mass is 327 g/mol. The molecule has 0 aromatic heterocycles. The van der Waals surface area contributed by atoms with Crippen molar-refractivity contribution < 1.29 is 23.4 Å². The molecule has 0 fully saturated rings. The van der Waals surface area contributed by atoms with E-state index in [-0.39, 0.29) is 28.8 Å². The predicted molar refractivity (Wildman–Crippen MR) is 76.3 cm³/mol. The van der Waals surface area contributed by atoms with Gasteiger partial charge in [0.1, 0.15) is 5.75 Å². The molecule has 1 aliphatic rings. The van der Waals surface area contributed by atoms with Gasteiger partial charge in [-0.2, -0.15) is 0 Å². The van der Waals surface area contributed by atoms with E-state index in [1.807, 2.05) is 0 Å². The van der Waals surface area contributed by atoms with Crippen LogP contribution < -0.4 is 14.8 Å². The van der Waals surface area contributed by atoms with Crippen molar-refractivity contribution in [1.29, 1.82) is 0 Å². The van der Waals surface area contributed by atoms with E-state index in [0.29, 0.717) is 17.7 Å². The van der Waals surface area contributed by atoms with Crippen molar-refractivity contribution in [2.45, 2.75) is 19.4 Å². The molecule has 1 aliphatic heterocycles. The van der Waals surface area contributed by atoms with Crippen molar-refractivity contribution in [2.75, 3.05) is 0 Å². The number of nitrogens with one attached hydrogen (secondary N) is 1. The Labute approximate surface area is 130 Å². The SMILES string of the molecule is Oc1cccc(CNCc2cccc3c2OC(F)(F)O3)c1Cl. The molecule has 116 valence electrons. The number of ether oxygens (including phenoxy) is 2. The summed E-state index contributed by atoms with van der Waals surface area (Å²) >= 11 is 5.97. The van der Waals surface area contributed by atoms with E-state index in [1.165, 1.54) is 12.1 Å². The third-order valence-electron chi connectivity index (χ3n) is 3.20. The summed E-state index contributed by atoms with van der Waals surface area (Å²) in [5, 5.41) is 12.9. The largest absolute Gasteiger partial charge is 0.586 e. The Hall–Kier alpha value is -2.05. The normalized spacial score (nSPS) is 15.0. The molecule has 2 aromatic carbocycles. The molecule has 0 unspecified atom stereocenters. The highest BCUT2D eigenvalue weighted by molar-refractivity contribution is 6.32. The number of hydrogen-bond acceptors (Lipinski definition) is 4. The van der Waals surface area contributed by atoms with E-state index in [9.17, 15) is 13.9 Å². The lowest BCUT2D eigenvalue weighted by molar-refractivity contribution is -0.286. The van der Waals surface area contributed by atoms with E-state index < -0.39 is 6.29 Å². The number of phenolic OH excluding ortho intramolecular Hbond substituents is 1.